The summed E-state index contributed by atoms with van der Waals surface area (Å²) in [4.78, 5) is 0. The van der Waals surface area contributed by atoms with Crippen LogP contribution in [0.25, 0.3) is 0 Å². The van der Waals surface area contributed by atoms with Crippen molar-refractivity contribution in [2.75, 3.05) is 0 Å². The van der Waals surface area contributed by atoms with Crippen molar-refractivity contribution < 1.29 is 234 Å². The fourth-order valence-electron chi connectivity index (χ4n) is 0.547. The van der Waals surface area contributed by atoms with Crippen LogP contribution in [0.5, 0.6) is 0 Å². The Balaban J connectivity index is -0.0000000172. The fourth-order valence-corrected chi connectivity index (χ4v) is 0.547. The summed E-state index contributed by atoms with van der Waals surface area (Å²) in [6.07, 6.45) is 10.2. The molecule has 0 aliphatic rings. The second-order valence-corrected chi connectivity index (χ2v) is 1.87. The van der Waals surface area contributed by atoms with Gasteiger partial charge in [-0.2, -0.15) is 13.3 Å². The van der Waals surface area contributed by atoms with Crippen molar-refractivity contribution in [1.82, 2.24) is 0 Å². The third kappa shape index (κ3) is 43.4. The van der Waals surface area contributed by atoms with E-state index in [0.717, 1.165) is 74.1 Å². The molecule has 0 aromatic rings. The van der Waals surface area contributed by atoms with E-state index in [1.165, 1.54) is 12.8 Å². The van der Waals surface area contributed by atoms with E-state index in [4.69, 9.17) is 0 Å². The third-order valence-corrected chi connectivity index (χ3v) is 1.02. The molecule has 0 saturated carbocycles. The van der Waals surface area contributed by atoms with Gasteiger partial charge < -0.3 is 33.5 Å². The normalized spacial score (nSPS) is 6.14. The Kier molecular flexibility index (Phi) is 125. The van der Waals surface area contributed by atoms with Gasteiger partial charge in [-0.3, -0.25) is 0 Å². The monoisotopic (exact) mass is 622 g/mol. The zero-order valence-corrected chi connectivity index (χ0v) is 41.3. The molecule has 0 nitrogen and oxygen atoms in total. The van der Waals surface area contributed by atoms with Gasteiger partial charge in [0.1, 0.15) is 0 Å². The zero-order valence-electron chi connectivity index (χ0n) is 12.9. The van der Waals surface area contributed by atoms with Crippen LogP contribution in [0.3, 0.4) is 0 Å². The number of hydrogen-bond donors (Lipinski definition) is 0. The molecule has 14 heavy (non-hydrogen) atoms. The van der Waals surface area contributed by atoms with Crippen LogP contribution in [0, 0.1) is 19.3 Å². The fraction of sp³-hybridized carbons (Fsp3) is 0.625. The van der Waals surface area contributed by atoms with Gasteiger partial charge in [-0.25, -0.2) is 0 Å². The van der Waals surface area contributed by atoms with Crippen LogP contribution in [0.1, 0.15) is 34.5 Å². The van der Waals surface area contributed by atoms with Gasteiger partial charge >= 0.3 is 300 Å². The molecule has 0 heterocycles. The predicted octanol–water partition coefficient (Wildman–Crippen LogP) is -9.82. The summed E-state index contributed by atoms with van der Waals surface area (Å²) in [6, 6.07) is 0. The molecule has 0 amide bonds. The van der Waals surface area contributed by atoms with Gasteiger partial charge in [0.2, 0.25) is 0 Å². The van der Waals surface area contributed by atoms with Crippen molar-refractivity contribution in [3.05, 3.63) is 19.3 Å². The Hall–Kier alpha value is 10.8. The Labute approximate surface area is 338 Å². The van der Waals surface area contributed by atoms with Crippen LogP contribution in [0.4, 0.5) is 0 Å². The SMILES string of the molecule is C[CH-]C[CH-]C[CH-]CC.[H-].[Rb+].[Rb+].[Rb+].[Rb+].[Rb][Rb]. The standard InChI is InChI=1S/C8H15.6Rb.H/c1-3-5-7-8-6-4-2;;;;;;;/h3,6-7H,4-5,8H2,1-2H3;;;;;;;/q-3;;;4*+1;-1. The summed E-state index contributed by atoms with van der Waals surface area (Å²) in [5.74, 6) is 0. The predicted molar refractivity (Wildman–Crippen MR) is 50.7 cm³/mol. The van der Waals surface area contributed by atoms with Crippen LogP contribution < -0.4 is 233 Å². The van der Waals surface area contributed by atoms with Gasteiger partial charge in [0.05, 0.1) is 0 Å². The van der Waals surface area contributed by atoms with Gasteiger partial charge in [0.15, 0.2) is 0 Å². The molecule has 0 aromatic heterocycles. The van der Waals surface area contributed by atoms with Crippen LogP contribution in [0.2, 0.25) is 0 Å². The van der Waals surface area contributed by atoms with Gasteiger partial charge in [-0.1, -0.05) is 6.92 Å². The molecule has 6 heteroatoms. The van der Waals surface area contributed by atoms with Gasteiger partial charge in [0, 0.05) is 0 Å². The average molecular weight is 625 g/mol. The number of hydrogen-bond acceptors (Lipinski definition) is 0. The quantitative estimate of drug-likeness (QED) is 0.211. The van der Waals surface area contributed by atoms with Crippen molar-refractivity contribution >= 4 is 67.7 Å². The average Bonchev–Trinajstić information content (AvgIpc) is 2.02. The molecule has 0 spiro atoms. The summed E-state index contributed by atoms with van der Waals surface area (Å²) >= 11 is 2.32. The second-order valence-electron chi connectivity index (χ2n) is 1.87. The molecule has 0 rings (SSSR count). The molecule has 0 aliphatic heterocycles. The van der Waals surface area contributed by atoms with Gasteiger partial charge in [0.25, 0.3) is 0 Å². The van der Waals surface area contributed by atoms with E-state index in [9.17, 15) is 0 Å². The maximum atomic E-state index is 2.28. The first-order chi connectivity index (χ1) is 4.91. The van der Waals surface area contributed by atoms with Crippen LogP contribution in [-0.2, 0) is 0 Å². The molecule has 0 aromatic carbocycles. The van der Waals surface area contributed by atoms with Crippen molar-refractivity contribution in [2.24, 2.45) is 0 Å². The van der Waals surface area contributed by atoms with Crippen LogP contribution in [-0.4, -0.2) is 67.7 Å². The summed E-state index contributed by atoms with van der Waals surface area (Å²) in [7, 11) is 0. The summed E-state index contributed by atoms with van der Waals surface area (Å²) < 4.78 is 0. The van der Waals surface area contributed by atoms with Crippen molar-refractivity contribution in [3.8, 4) is 0 Å². The maximum absolute atomic E-state index is 2.28. The number of unbranched alkanes of at least 4 members (excludes halogenated alkanes) is 5. The van der Waals surface area contributed by atoms with Crippen LogP contribution >= 0.6 is 0 Å². The molecule has 0 radical (unpaired) electrons. The van der Waals surface area contributed by atoms with Gasteiger partial charge in [-0.05, 0) is 0 Å². The first kappa shape index (κ1) is 39.8. The van der Waals surface area contributed by atoms with E-state index in [-0.39, 0.29) is 234 Å². The molecule has 0 fully saturated rings. The summed E-state index contributed by atoms with van der Waals surface area (Å²) in [5.41, 5.74) is 0. The first-order valence-corrected chi connectivity index (χ1v) is 38.3. The molecular weight excluding hydrogens is 609 g/mol. The Morgan fingerprint density at radius 3 is 1.64 bits per heavy atom. The third-order valence-electron chi connectivity index (χ3n) is 1.02. The Bertz CT molecular complexity index is 44.1. The molecule has 0 unspecified atom stereocenters. The van der Waals surface area contributed by atoms with Crippen molar-refractivity contribution in [1.29, 1.82) is 0 Å². The Morgan fingerprint density at radius 2 is 1.36 bits per heavy atom. The summed E-state index contributed by atoms with van der Waals surface area (Å²) in [6.45, 7) is 4.26. The van der Waals surface area contributed by atoms with E-state index < -0.39 is 0 Å². The van der Waals surface area contributed by atoms with E-state index in [1.807, 2.05) is 0 Å². The Morgan fingerprint density at radius 1 is 0.929 bits per heavy atom. The van der Waals surface area contributed by atoms with Crippen molar-refractivity contribution in [2.45, 2.75) is 33.1 Å². The minimum atomic E-state index is 0. The molecule has 0 aliphatic carbocycles. The van der Waals surface area contributed by atoms with Gasteiger partial charge in [-0.15, -0.1) is 0 Å². The molecule has 0 bridgehead atoms. The van der Waals surface area contributed by atoms with E-state index in [0.29, 0.717) is 0 Å². The second kappa shape index (κ2) is 43.9. The summed E-state index contributed by atoms with van der Waals surface area (Å²) in [5, 5.41) is 0. The van der Waals surface area contributed by atoms with E-state index in [2.05, 4.69) is 33.1 Å². The van der Waals surface area contributed by atoms with Crippen molar-refractivity contribution in [3.63, 3.8) is 0 Å². The topological polar surface area (TPSA) is 0 Å². The van der Waals surface area contributed by atoms with E-state index in [1.54, 1.807) is 0 Å². The first-order valence-electron chi connectivity index (χ1n) is 4.33. The molecular formula is C8H16Rb6. The molecule has 0 saturated heterocycles. The molecule has 0 N–H and O–H groups in total. The zero-order chi connectivity index (χ0) is 8.24. The van der Waals surface area contributed by atoms with Crippen LogP contribution in [0.15, 0.2) is 0 Å². The van der Waals surface area contributed by atoms with E-state index >= 15 is 0 Å². The number of rotatable bonds is 5. The minimum absolute atomic E-state index is 0. The molecule has 54 valence electrons. The molecule has 0 atom stereocenters.